The molecule has 0 fully saturated rings. The lowest BCUT2D eigenvalue weighted by Gasteiger charge is -2.21. The van der Waals surface area contributed by atoms with Crippen LogP contribution in [0, 0.1) is 5.92 Å². The Morgan fingerprint density at radius 1 is 1.15 bits per heavy atom. The second-order valence-electron chi connectivity index (χ2n) is 5.80. The van der Waals surface area contributed by atoms with Gasteiger partial charge in [-0.15, -0.1) is 24.0 Å². The molecule has 5 heteroatoms. The van der Waals surface area contributed by atoms with Gasteiger partial charge in [0.05, 0.1) is 0 Å². The molecule has 0 aliphatic heterocycles. The van der Waals surface area contributed by atoms with Crippen LogP contribution in [0.4, 0.5) is 0 Å². The molecule has 0 saturated heterocycles. The van der Waals surface area contributed by atoms with Gasteiger partial charge in [-0.1, -0.05) is 13.8 Å². The Kier molecular flexibility index (Phi) is 15.5. The van der Waals surface area contributed by atoms with E-state index in [9.17, 15) is 0 Å². The van der Waals surface area contributed by atoms with Crippen LogP contribution in [-0.2, 0) is 0 Å². The van der Waals surface area contributed by atoms with Gasteiger partial charge in [-0.25, -0.2) is 0 Å². The van der Waals surface area contributed by atoms with E-state index in [2.05, 4.69) is 62.2 Å². The number of nitrogens with zero attached hydrogens (tertiary/aromatic N) is 2. The Labute approximate surface area is 143 Å². The quantitative estimate of drug-likeness (QED) is 0.272. The van der Waals surface area contributed by atoms with E-state index in [1.54, 1.807) is 0 Å². The Balaban J connectivity index is 0. The maximum Gasteiger partial charge on any atom is 0.191 e. The molecule has 0 aromatic rings. The van der Waals surface area contributed by atoms with Crippen molar-refractivity contribution in [2.75, 3.05) is 33.2 Å². The third-order valence-corrected chi connectivity index (χ3v) is 3.19. The molecule has 20 heavy (non-hydrogen) atoms. The Morgan fingerprint density at radius 2 is 1.80 bits per heavy atom. The van der Waals surface area contributed by atoms with Gasteiger partial charge in [0.15, 0.2) is 5.96 Å². The van der Waals surface area contributed by atoms with Gasteiger partial charge in [-0.05, 0) is 46.6 Å². The van der Waals surface area contributed by atoms with Crippen molar-refractivity contribution in [2.45, 2.75) is 53.5 Å². The molecule has 0 aromatic heterocycles. The third kappa shape index (κ3) is 13.0. The first-order valence-electron chi connectivity index (χ1n) is 7.69. The van der Waals surface area contributed by atoms with Crippen molar-refractivity contribution < 1.29 is 0 Å². The molecule has 0 spiro atoms. The van der Waals surface area contributed by atoms with Crippen molar-refractivity contribution in [1.82, 2.24) is 15.5 Å². The Hall–Kier alpha value is -0.0400. The summed E-state index contributed by atoms with van der Waals surface area (Å²) in [4.78, 5) is 6.93. The minimum atomic E-state index is 0. The summed E-state index contributed by atoms with van der Waals surface area (Å²) in [5.41, 5.74) is 0. The molecule has 0 rings (SSSR count). The summed E-state index contributed by atoms with van der Waals surface area (Å²) in [5.74, 6) is 1.72. The second-order valence-corrected chi connectivity index (χ2v) is 5.80. The molecule has 0 heterocycles. The van der Waals surface area contributed by atoms with Gasteiger partial charge in [-0.3, -0.25) is 4.99 Å². The van der Waals surface area contributed by atoms with E-state index in [1.165, 1.54) is 12.8 Å². The highest BCUT2D eigenvalue weighted by Gasteiger charge is 2.03. The minimum Gasteiger partial charge on any atom is -0.357 e. The highest BCUT2D eigenvalue weighted by Crippen LogP contribution is 2.02. The number of halogens is 1. The summed E-state index contributed by atoms with van der Waals surface area (Å²) in [6.45, 7) is 14.8. The minimum absolute atomic E-state index is 0. The number of hydrogen-bond donors (Lipinski definition) is 2. The SMILES string of the molecule is CCNC(=NCCCC(C)C)NCCN(C)C(C)C.I. The molecule has 0 unspecified atom stereocenters. The van der Waals surface area contributed by atoms with Crippen LogP contribution in [0.2, 0.25) is 0 Å². The molecule has 122 valence electrons. The summed E-state index contributed by atoms with van der Waals surface area (Å²) >= 11 is 0. The molecular weight excluding hydrogens is 363 g/mol. The van der Waals surface area contributed by atoms with Crippen molar-refractivity contribution in [3.8, 4) is 0 Å². The van der Waals surface area contributed by atoms with Crippen molar-refractivity contribution >= 4 is 29.9 Å². The van der Waals surface area contributed by atoms with Crippen LogP contribution in [-0.4, -0.2) is 50.1 Å². The summed E-state index contributed by atoms with van der Waals surface area (Å²) in [6, 6.07) is 0.590. The van der Waals surface area contributed by atoms with Gasteiger partial charge < -0.3 is 15.5 Å². The largest absolute Gasteiger partial charge is 0.357 e. The first-order valence-corrected chi connectivity index (χ1v) is 7.69. The summed E-state index contributed by atoms with van der Waals surface area (Å²) < 4.78 is 0. The number of rotatable bonds is 9. The molecule has 0 aromatic carbocycles. The van der Waals surface area contributed by atoms with E-state index in [0.29, 0.717) is 6.04 Å². The van der Waals surface area contributed by atoms with Crippen LogP contribution in [0.1, 0.15) is 47.5 Å². The highest BCUT2D eigenvalue weighted by atomic mass is 127. The lowest BCUT2D eigenvalue weighted by molar-refractivity contribution is 0.278. The van der Waals surface area contributed by atoms with Gasteiger partial charge >= 0.3 is 0 Å². The highest BCUT2D eigenvalue weighted by molar-refractivity contribution is 14.0. The Bertz CT molecular complexity index is 242. The van der Waals surface area contributed by atoms with Crippen molar-refractivity contribution in [3.05, 3.63) is 0 Å². The van der Waals surface area contributed by atoms with E-state index in [-0.39, 0.29) is 24.0 Å². The van der Waals surface area contributed by atoms with Crippen molar-refractivity contribution in [2.24, 2.45) is 10.9 Å². The van der Waals surface area contributed by atoms with Gasteiger partial charge in [0.25, 0.3) is 0 Å². The lowest BCUT2D eigenvalue weighted by atomic mass is 10.1. The molecule has 0 radical (unpaired) electrons. The van der Waals surface area contributed by atoms with Gasteiger partial charge in [0.2, 0.25) is 0 Å². The summed E-state index contributed by atoms with van der Waals surface area (Å²) in [7, 11) is 2.15. The normalized spacial score (nSPS) is 11.9. The number of nitrogens with one attached hydrogen (secondary N) is 2. The van der Waals surface area contributed by atoms with E-state index >= 15 is 0 Å². The molecule has 0 bridgehead atoms. The van der Waals surface area contributed by atoms with Crippen LogP contribution < -0.4 is 10.6 Å². The van der Waals surface area contributed by atoms with Crippen LogP contribution in [0.3, 0.4) is 0 Å². The lowest BCUT2D eigenvalue weighted by Crippen LogP contribution is -2.42. The number of likely N-dealkylation sites (N-methyl/N-ethyl adjacent to an activating group) is 1. The second kappa shape index (κ2) is 13.9. The first kappa shape index (κ1) is 22.2. The van der Waals surface area contributed by atoms with Gasteiger partial charge in [0, 0.05) is 32.2 Å². The van der Waals surface area contributed by atoms with Crippen LogP contribution in [0.25, 0.3) is 0 Å². The zero-order chi connectivity index (χ0) is 14.7. The number of hydrogen-bond acceptors (Lipinski definition) is 2. The fourth-order valence-electron chi connectivity index (χ4n) is 1.64. The van der Waals surface area contributed by atoms with E-state index in [0.717, 1.165) is 38.1 Å². The van der Waals surface area contributed by atoms with Crippen molar-refractivity contribution in [1.29, 1.82) is 0 Å². The fourth-order valence-corrected chi connectivity index (χ4v) is 1.64. The van der Waals surface area contributed by atoms with Crippen molar-refractivity contribution in [3.63, 3.8) is 0 Å². The fraction of sp³-hybridized carbons (Fsp3) is 0.933. The monoisotopic (exact) mass is 398 g/mol. The molecule has 0 aliphatic rings. The molecule has 2 N–H and O–H groups in total. The third-order valence-electron chi connectivity index (χ3n) is 3.19. The maximum absolute atomic E-state index is 4.60. The van der Waals surface area contributed by atoms with Crippen LogP contribution in [0.15, 0.2) is 4.99 Å². The molecule has 4 nitrogen and oxygen atoms in total. The zero-order valence-electron chi connectivity index (χ0n) is 14.2. The molecule has 0 saturated carbocycles. The van der Waals surface area contributed by atoms with Gasteiger partial charge in [-0.2, -0.15) is 0 Å². The molecule has 0 atom stereocenters. The van der Waals surface area contributed by atoms with Crippen LogP contribution in [0.5, 0.6) is 0 Å². The van der Waals surface area contributed by atoms with E-state index in [4.69, 9.17) is 0 Å². The molecule has 0 aliphatic carbocycles. The number of guanidine groups is 1. The summed E-state index contributed by atoms with van der Waals surface area (Å²) in [5, 5.41) is 6.69. The molecular formula is C15H35IN4. The average Bonchev–Trinajstić information content (AvgIpc) is 2.33. The smallest absolute Gasteiger partial charge is 0.191 e. The maximum atomic E-state index is 4.60. The number of aliphatic imine (C=N–C) groups is 1. The summed E-state index contributed by atoms with van der Waals surface area (Å²) in [6.07, 6.45) is 2.42. The topological polar surface area (TPSA) is 39.7 Å². The molecule has 0 amide bonds. The average molecular weight is 398 g/mol. The standard InChI is InChI=1S/C15H34N4.HI/c1-7-16-15(17-10-8-9-13(2)3)18-11-12-19(6)14(4)5;/h13-14H,7-12H2,1-6H3,(H2,16,17,18);1H. The van der Waals surface area contributed by atoms with E-state index < -0.39 is 0 Å². The predicted molar refractivity (Wildman–Crippen MR) is 101 cm³/mol. The van der Waals surface area contributed by atoms with Gasteiger partial charge in [0.1, 0.15) is 0 Å². The van der Waals surface area contributed by atoms with E-state index in [1.807, 2.05) is 0 Å². The predicted octanol–water partition coefficient (Wildman–Crippen LogP) is 2.94. The first-order chi connectivity index (χ1) is 8.97. The zero-order valence-corrected chi connectivity index (χ0v) is 16.5. The van der Waals surface area contributed by atoms with Crippen LogP contribution >= 0.6 is 24.0 Å². The Morgan fingerprint density at radius 3 is 2.30 bits per heavy atom.